The van der Waals surface area contributed by atoms with Gasteiger partial charge in [0.25, 0.3) is 5.91 Å². The molecule has 0 spiro atoms. The maximum absolute atomic E-state index is 13.9. The van der Waals surface area contributed by atoms with Crippen molar-refractivity contribution in [3.8, 4) is 22.4 Å². The summed E-state index contributed by atoms with van der Waals surface area (Å²) in [5, 5.41) is 6.13. The minimum absolute atomic E-state index is 0.240. The number of carbonyl (C=O) groups is 2. The zero-order chi connectivity index (χ0) is 25.9. The molecule has 0 saturated carbocycles. The molecule has 0 aliphatic carbocycles. The Morgan fingerprint density at radius 3 is 2.30 bits per heavy atom. The standard InChI is InChI=1S/C31H26N2O3S/c1-4-36-31(35)27-24(21-16-14-19(2)15-17-21)18-37-30(27)33-29(34)26-20(3)28(22-10-6-5-7-11-22)32-25-13-9-8-12-23(25)26/h5-18H,4H2,1-3H3,(H,33,34). The summed E-state index contributed by atoms with van der Waals surface area (Å²) >= 11 is 1.32. The Balaban J connectivity index is 1.62. The lowest BCUT2D eigenvalue weighted by atomic mass is 9.97. The highest BCUT2D eigenvalue weighted by Crippen LogP contribution is 2.37. The van der Waals surface area contributed by atoms with Crippen LogP contribution in [0.4, 0.5) is 5.00 Å². The maximum Gasteiger partial charge on any atom is 0.341 e. The van der Waals surface area contributed by atoms with Crippen LogP contribution < -0.4 is 5.32 Å². The fourth-order valence-electron chi connectivity index (χ4n) is 4.44. The van der Waals surface area contributed by atoms with Gasteiger partial charge < -0.3 is 10.1 Å². The van der Waals surface area contributed by atoms with E-state index in [-0.39, 0.29) is 12.5 Å². The number of nitrogens with one attached hydrogen (secondary N) is 1. The summed E-state index contributed by atoms with van der Waals surface area (Å²) in [6.45, 7) is 5.94. The van der Waals surface area contributed by atoms with E-state index in [9.17, 15) is 9.59 Å². The number of nitrogens with zero attached hydrogens (tertiary/aromatic N) is 1. The molecule has 2 heterocycles. The molecule has 0 saturated heterocycles. The Hall–Kier alpha value is -4.29. The lowest BCUT2D eigenvalue weighted by molar-refractivity contribution is 0.0529. The fraction of sp³-hybridized carbons (Fsp3) is 0.129. The molecule has 0 aliphatic heterocycles. The van der Waals surface area contributed by atoms with Crippen molar-refractivity contribution in [3.63, 3.8) is 0 Å². The Bertz CT molecular complexity index is 1610. The molecule has 3 aromatic carbocycles. The van der Waals surface area contributed by atoms with E-state index in [4.69, 9.17) is 9.72 Å². The molecule has 0 radical (unpaired) electrons. The fourth-order valence-corrected chi connectivity index (χ4v) is 5.40. The molecule has 1 N–H and O–H groups in total. The molecular formula is C31H26N2O3S. The molecule has 5 aromatic rings. The molecule has 0 aliphatic rings. The third-order valence-corrected chi connectivity index (χ3v) is 7.17. The predicted octanol–water partition coefficient (Wildman–Crippen LogP) is 7.68. The van der Waals surface area contributed by atoms with Crippen LogP contribution in [0.1, 0.15) is 38.8 Å². The highest BCUT2D eigenvalue weighted by atomic mass is 32.1. The first-order chi connectivity index (χ1) is 18.0. The van der Waals surface area contributed by atoms with Gasteiger partial charge in [0.1, 0.15) is 10.6 Å². The molecule has 0 unspecified atom stereocenters. The van der Waals surface area contributed by atoms with Gasteiger partial charge >= 0.3 is 5.97 Å². The SMILES string of the molecule is CCOC(=O)c1c(-c2ccc(C)cc2)csc1NC(=O)c1c(C)c(-c2ccccc2)nc2ccccc12. The van der Waals surface area contributed by atoms with Crippen molar-refractivity contribution in [3.05, 3.63) is 106 Å². The number of carbonyl (C=O) groups excluding carboxylic acids is 2. The van der Waals surface area contributed by atoms with Crippen molar-refractivity contribution in [2.24, 2.45) is 0 Å². The summed E-state index contributed by atoms with van der Waals surface area (Å²) in [6.07, 6.45) is 0. The third kappa shape index (κ3) is 4.76. The smallest absolute Gasteiger partial charge is 0.341 e. The number of hydrogen-bond donors (Lipinski definition) is 1. The molecule has 5 rings (SSSR count). The summed E-state index contributed by atoms with van der Waals surface area (Å²) < 4.78 is 5.38. The van der Waals surface area contributed by atoms with E-state index in [0.717, 1.165) is 44.4 Å². The Labute approximate surface area is 219 Å². The molecule has 1 amide bonds. The number of amides is 1. The average Bonchev–Trinajstić information content (AvgIpc) is 3.32. The van der Waals surface area contributed by atoms with Crippen LogP contribution in [-0.4, -0.2) is 23.5 Å². The second-order valence-electron chi connectivity index (χ2n) is 8.74. The van der Waals surface area contributed by atoms with Gasteiger partial charge in [-0.05, 0) is 38.0 Å². The van der Waals surface area contributed by atoms with E-state index in [1.54, 1.807) is 6.92 Å². The highest BCUT2D eigenvalue weighted by Gasteiger charge is 2.25. The number of pyridine rings is 1. The maximum atomic E-state index is 13.9. The number of para-hydroxylation sites is 1. The second-order valence-corrected chi connectivity index (χ2v) is 9.62. The van der Waals surface area contributed by atoms with Gasteiger partial charge in [-0.1, -0.05) is 78.4 Å². The molecule has 37 heavy (non-hydrogen) atoms. The van der Waals surface area contributed by atoms with Crippen LogP contribution in [0.25, 0.3) is 33.3 Å². The average molecular weight is 507 g/mol. The predicted molar refractivity (Wildman–Crippen MR) is 150 cm³/mol. The lowest BCUT2D eigenvalue weighted by Crippen LogP contribution is -2.17. The molecular weight excluding hydrogens is 480 g/mol. The summed E-state index contributed by atoms with van der Waals surface area (Å²) in [5.41, 5.74) is 6.84. The molecule has 2 aromatic heterocycles. The molecule has 5 nitrogen and oxygen atoms in total. The van der Waals surface area contributed by atoms with E-state index >= 15 is 0 Å². The van der Waals surface area contributed by atoms with Crippen molar-refractivity contribution in [2.75, 3.05) is 11.9 Å². The summed E-state index contributed by atoms with van der Waals surface area (Å²) in [5.74, 6) is -0.757. The van der Waals surface area contributed by atoms with Crippen molar-refractivity contribution < 1.29 is 14.3 Å². The quantitative estimate of drug-likeness (QED) is 0.240. The van der Waals surface area contributed by atoms with Crippen LogP contribution in [0.3, 0.4) is 0 Å². The summed E-state index contributed by atoms with van der Waals surface area (Å²) in [4.78, 5) is 31.8. The first kappa shape index (κ1) is 24.4. The monoisotopic (exact) mass is 506 g/mol. The number of anilines is 1. The van der Waals surface area contributed by atoms with Crippen LogP contribution in [0, 0.1) is 13.8 Å². The van der Waals surface area contributed by atoms with Gasteiger partial charge in [0.15, 0.2) is 0 Å². The Morgan fingerprint density at radius 1 is 0.865 bits per heavy atom. The van der Waals surface area contributed by atoms with Crippen molar-refractivity contribution >= 4 is 39.1 Å². The van der Waals surface area contributed by atoms with E-state index in [2.05, 4.69) is 5.32 Å². The van der Waals surface area contributed by atoms with Crippen LogP contribution in [0.5, 0.6) is 0 Å². The first-order valence-corrected chi connectivity index (χ1v) is 13.0. The van der Waals surface area contributed by atoms with Gasteiger partial charge in [-0.2, -0.15) is 0 Å². The van der Waals surface area contributed by atoms with Gasteiger partial charge in [-0.15, -0.1) is 11.3 Å². The largest absolute Gasteiger partial charge is 0.462 e. The van der Waals surface area contributed by atoms with Gasteiger partial charge in [0, 0.05) is 21.9 Å². The normalized spacial score (nSPS) is 10.9. The van der Waals surface area contributed by atoms with Crippen LogP contribution in [0.15, 0.2) is 84.2 Å². The minimum atomic E-state index is -0.462. The summed E-state index contributed by atoms with van der Waals surface area (Å²) in [7, 11) is 0. The van der Waals surface area contributed by atoms with Crippen LogP contribution in [0.2, 0.25) is 0 Å². The number of aromatic nitrogens is 1. The number of aryl methyl sites for hydroxylation is 1. The summed E-state index contributed by atoms with van der Waals surface area (Å²) in [6, 6.07) is 25.4. The number of esters is 1. The van der Waals surface area contributed by atoms with Gasteiger partial charge in [0.05, 0.1) is 23.4 Å². The number of thiophene rings is 1. The zero-order valence-electron chi connectivity index (χ0n) is 20.9. The lowest BCUT2D eigenvalue weighted by Gasteiger charge is -2.15. The number of rotatable bonds is 6. The Kier molecular flexibility index (Phi) is 6.84. The van der Waals surface area contributed by atoms with Crippen molar-refractivity contribution in [1.29, 1.82) is 0 Å². The van der Waals surface area contributed by atoms with E-state index < -0.39 is 5.97 Å². The topological polar surface area (TPSA) is 68.3 Å². The molecule has 6 heteroatoms. The first-order valence-electron chi connectivity index (χ1n) is 12.1. The van der Waals surface area contributed by atoms with E-state index in [1.807, 2.05) is 98.1 Å². The van der Waals surface area contributed by atoms with Crippen molar-refractivity contribution in [2.45, 2.75) is 20.8 Å². The third-order valence-electron chi connectivity index (χ3n) is 6.27. The van der Waals surface area contributed by atoms with Gasteiger partial charge in [-0.25, -0.2) is 9.78 Å². The van der Waals surface area contributed by atoms with Gasteiger partial charge in [0.2, 0.25) is 0 Å². The van der Waals surface area contributed by atoms with Crippen LogP contribution >= 0.6 is 11.3 Å². The van der Waals surface area contributed by atoms with Gasteiger partial charge in [-0.3, -0.25) is 4.79 Å². The number of ether oxygens (including phenoxy) is 1. The van der Waals surface area contributed by atoms with Crippen molar-refractivity contribution in [1.82, 2.24) is 4.98 Å². The highest BCUT2D eigenvalue weighted by molar-refractivity contribution is 7.15. The number of fused-ring (bicyclic) bond motifs is 1. The molecule has 0 fully saturated rings. The molecule has 184 valence electrons. The minimum Gasteiger partial charge on any atom is -0.462 e. The zero-order valence-corrected chi connectivity index (χ0v) is 21.7. The van der Waals surface area contributed by atoms with E-state index in [1.165, 1.54) is 11.3 Å². The second kappa shape index (κ2) is 10.4. The number of hydrogen-bond acceptors (Lipinski definition) is 5. The number of benzene rings is 3. The molecule has 0 atom stereocenters. The van der Waals surface area contributed by atoms with Crippen LogP contribution in [-0.2, 0) is 4.74 Å². The molecule has 0 bridgehead atoms. The van der Waals surface area contributed by atoms with E-state index in [0.29, 0.717) is 16.1 Å². The Morgan fingerprint density at radius 2 is 1.57 bits per heavy atom.